The van der Waals surface area contributed by atoms with Crippen molar-refractivity contribution in [2.45, 2.75) is 52.3 Å². The van der Waals surface area contributed by atoms with Gasteiger partial charge in [0, 0.05) is 19.6 Å². The number of hydrogen-bond acceptors (Lipinski definition) is 3. The number of carbonyl (C=O) groups excluding carboxylic acids is 1. The first-order chi connectivity index (χ1) is 12.3. The molecule has 0 aromatic heterocycles. The van der Waals surface area contributed by atoms with Crippen LogP contribution in [-0.2, 0) is 11.3 Å². The van der Waals surface area contributed by atoms with E-state index in [-0.39, 0.29) is 11.9 Å². The van der Waals surface area contributed by atoms with Crippen LogP contribution in [0.15, 0.2) is 29.3 Å². The number of hydrogen-bond donors (Lipinski definition) is 2. The fourth-order valence-corrected chi connectivity index (χ4v) is 2.73. The third kappa shape index (κ3) is 6.54. The van der Waals surface area contributed by atoms with Gasteiger partial charge in [0.05, 0.1) is 12.6 Å². The van der Waals surface area contributed by atoms with Crippen LogP contribution < -0.4 is 10.6 Å². The molecule has 1 saturated heterocycles. The Bertz CT molecular complexity index is 625. The number of rotatable bonds is 4. The van der Waals surface area contributed by atoms with Gasteiger partial charge in [-0.05, 0) is 51.8 Å². The van der Waals surface area contributed by atoms with Crippen molar-refractivity contribution in [2.75, 3.05) is 19.6 Å². The number of nitrogens with zero attached hydrogens (tertiary/aromatic N) is 2. The molecule has 1 aliphatic heterocycles. The third-order valence-electron chi connectivity index (χ3n) is 3.87. The van der Waals surface area contributed by atoms with Crippen molar-refractivity contribution in [3.05, 3.63) is 35.6 Å². The highest BCUT2D eigenvalue weighted by Gasteiger charge is 2.27. The third-order valence-corrected chi connectivity index (χ3v) is 3.87. The van der Waals surface area contributed by atoms with Crippen molar-refractivity contribution < 1.29 is 13.9 Å². The molecule has 1 unspecified atom stereocenters. The Morgan fingerprint density at radius 1 is 1.35 bits per heavy atom. The fraction of sp³-hybridized carbons (Fsp3) is 0.579. The SMILES string of the molecule is CCNC(=NCc1ccc(F)cc1)N1CCC(NC(=O)OC(C)(C)C)C1. The maximum Gasteiger partial charge on any atom is 0.407 e. The van der Waals surface area contributed by atoms with Crippen LogP contribution in [0.4, 0.5) is 9.18 Å². The molecule has 1 aromatic carbocycles. The van der Waals surface area contributed by atoms with E-state index in [0.29, 0.717) is 13.1 Å². The quantitative estimate of drug-likeness (QED) is 0.637. The second-order valence-corrected chi connectivity index (χ2v) is 7.37. The zero-order valence-electron chi connectivity index (χ0n) is 16.0. The van der Waals surface area contributed by atoms with Crippen molar-refractivity contribution in [2.24, 2.45) is 4.99 Å². The first-order valence-corrected chi connectivity index (χ1v) is 9.04. The fourth-order valence-electron chi connectivity index (χ4n) is 2.73. The summed E-state index contributed by atoms with van der Waals surface area (Å²) in [7, 11) is 0. The van der Waals surface area contributed by atoms with Crippen LogP contribution in [0, 0.1) is 5.82 Å². The summed E-state index contributed by atoms with van der Waals surface area (Å²) in [6, 6.07) is 6.38. The summed E-state index contributed by atoms with van der Waals surface area (Å²) in [4.78, 5) is 18.7. The molecule has 26 heavy (non-hydrogen) atoms. The molecular formula is C19H29FN4O2. The maximum absolute atomic E-state index is 13.0. The normalized spacial score (nSPS) is 18.0. The van der Waals surface area contributed by atoms with Crippen molar-refractivity contribution in [1.82, 2.24) is 15.5 Å². The molecule has 6 nitrogen and oxygen atoms in total. The van der Waals surface area contributed by atoms with Crippen LogP contribution in [-0.4, -0.2) is 48.2 Å². The predicted molar refractivity (Wildman–Crippen MR) is 101 cm³/mol. The van der Waals surface area contributed by atoms with Gasteiger partial charge in [-0.15, -0.1) is 0 Å². The summed E-state index contributed by atoms with van der Waals surface area (Å²) in [5.41, 5.74) is 0.443. The van der Waals surface area contributed by atoms with Crippen molar-refractivity contribution >= 4 is 12.1 Å². The number of amides is 1. The minimum Gasteiger partial charge on any atom is -0.444 e. The predicted octanol–water partition coefficient (Wildman–Crippen LogP) is 2.89. The van der Waals surface area contributed by atoms with Crippen LogP contribution in [0.5, 0.6) is 0 Å². The molecule has 0 radical (unpaired) electrons. The molecule has 1 heterocycles. The van der Waals surface area contributed by atoms with E-state index in [2.05, 4.69) is 20.5 Å². The van der Waals surface area contributed by atoms with Gasteiger partial charge in [-0.25, -0.2) is 14.2 Å². The summed E-state index contributed by atoms with van der Waals surface area (Å²) in [5, 5.41) is 6.19. The zero-order chi connectivity index (χ0) is 19.2. The molecule has 7 heteroatoms. The Balaban J connectivity index is 1.92. The zero-order valence-corrected chi connectivity index (χ0v) is 16.0. The first-order valence-electron chi connectivity index (χ1n) is 9.04. The van der Waals surface area contributed by atoms with E-state index in [9.17, 15) is 9.18 Å². The minimum absolute atomic E-state index is 0.0273. The summed E-state index contributed by atoms with van der Waals surface area (Å²) in [5.74, 6) is 0.547. The van der Waals surface area contributed by atoms with Gasteiger partial charge in [-0.1, -0.05) is 12.1 Å². The van der Waals surface area contributed by atoms with E-state index in [4.69, 9.17) is 4.74 Å². The lowest BCUT2D eigenvalue weighted by molar-refractivity contribution is 0.0507. The molecule has 0 spiro atoms. The molecule has 1 aromatic rings. The maximum atomic E-state index is 13.0. The molecule has 0 saturated carbocycles. The van der Waals surface area contributed by atoms with Crippen molar-refractivity contribution in [1.29, 1.82) is 0 Å². The number of carbonyl (C=O) groups is 1. The van der Waals surface area contributed by atoms with Gasteiger partial charge in [-0.2, -0.15) is 0 Å². The number of benzene rings is 1. The van der Waals surface area contributed by atoms with E-state index in [0.717, 1.165) is 31.0 Å². The second kappa shape index (κ2) is 8.87. The lowest BCUT2D eigenvalue weighted by Crippen LogP contribution is -2.44. The van der Waals surface area contributed by atoms with E-state index >= 15 is 0 Å². The summed E-state index contributed by atoms with van der Waals surface area (Å²) < 4.78 is 18.3. The summed E-state index contributed by atoms with van der Waals surface area (Å²) in [6.07, 6.45) is 0.442. The Morgan fingerprint density at radius 3 is 2.65 bits per heavy atom. The highest BCUT2D eigenvalue weighted by Crippen LogP contribution is 2.13. The Morgan fingerprint density at radius 2 is 2.04 bits per heavy atom. The largest absolute Gasteiger partial charge is 0.444 e. The molecular weight excluding hydrogens is 335 g/mol. The number of alkyl carbamates (subject to hydrolysis) is 1. The molecule has 1 amide bonds. The van der Waals surface area contributed by atoms with Crippen molar-refractivity contribution in [3.63, 3.8) is 0 Å². The van der Waals surface area contributed by atoms with Gasteiger partial charge >= 0.3 is 6.09 Å². The van der Waals surface area contributed by atoms with Gasteiger partial charge in [-0.3, -0.25) is 0 Å². The topological polar surface area (TPSA) is 66.0 Å². The first kappa shape index (κ1) is 20.0. The summed E-state index contributed by atoms with van der Waals surface area (Å²) >= 11 is 0. The molecule has 2 N–H and O–H groups in total. The van der Waals surface area contributed by atoms with E-state index < -0.39 is 11.7 Å². The van der Waals surface area contributed by atoms with Crippen LogP contribution in [0.25, 0.3) is 0 Å². The molecule has 1 atom stereocenters. The molecule has 0 aliphatic carbocycles. The smallest absolute Gasteiger partial charge is 0.407 e. The van der Waals surface area contributed by atoms with Crippen LogP contribution >= 0.6 is 0 Å². The number of ether oxygens (including phenoxy) is 1. The average molecular weight is 364 g/mol. The van der Waals surface area contributed by atoms with Crippen LogP contribution in [0.2, 0.25) is 0 Å². The number of likely N-dealkylation sites (tertiary alicyclic amines) is 1. The second-order valence-electron chi connectivity index (χ2n) is 7.37. The lowest BCUT2D eigenvalue weighted by atomic mass is 10.2. The van der Waals surface area contributed by atoms with E-state index in [1.54, 1.807) is 12.1 Å². The highest BCUT2D eigenvalue weighted by atomic mass is 19.1. The molecule has 2 rings (SSSR count). The number of guanidine groups is 1. The van der Waals surface area contributed by atoms with Crippen molar-refractivity contribution in [3.8, 4) is 0 Å². The Labute approximate surface area is 154 Å². The molecule has 1 fully saturated rings. The number of halogens is 1. The van der Waals surface area contributed by atoms with Gasteiger partial charge in [0.2, 0.25) is 0 Å². The monoisotopic (exact) mass is 364 g/mol. The summed E-state index contributed by atoms with van der Waals surface area (Å²) in [6.45, 7) is 10.3. The number of aliphatic imine (C=N–C) groups is 1. The highest BCUT2D eigenvalue weighted by molar-refractivity contribution is 5.80. The van der Waals surface area contributed by atoms with Crippen LogP contribution in [0.3, 0.4) is 0 Å². The Hall–Kier alpha value is -2.31. The van der Waals surface area contributed by atoms with E-state index in [1.165, 1.54) is 12.1 Å². The minimum atomic E-state index is -0.506. The molecule has 144 valence electrons. The van der Waals surface area contributed by atoms with Gasteiger partial charge in [0.25, 0.3) is 0 Å². The average Bonchev–Trinajstić information content (AvgIpc) is 2.99. The number of nitrogens with one attached hydrogen (secondary N) is 2. The molecule has 0 bridgehead atoms. The van der Waals surface area contributed by atoms with Gasteiger partial charge < -0.3 is 20.3 Å². The van der Waals surface area contributed by atoms with E-state index in [1.807, 2.05) is 27.7 Å². The van der Waals surface area contributed by atoms with Gasteiger partial charge in [0.15, 0.2) is 5.96 Å². The lowest BCUT2D eigenvalue weighted by Gasteiger charge is -2.23. The standard InChI is InChI=1S/C19H29FN4O2/c1-5-21-17(22-12-14-6-8-15(20)9-7-14)24-11-10-16(13-24)23-18(25)26-19(2,3)4/h6-9,16H,5,10-13H2,1-4H3,(H,21,22)(H,23,25). The molecule has 1 aliphatic rings. The van der Waals surface area contributed by atoms with Crippen LogP contribution in [0.1, 0.15) is 39.7 Å². The Kier molecular flexibility index (Phi) is 6.83. The van der Waals surface area contributed by atoms with Gasteiger partial charge in [0.1, 0.15) is 11.4 Å².